The van der Waals surface area contributed by atoms with Crippen LogP contribution in [0.4, 0.5) is 0 Å². The fourth-order valence-electron chi connectivity index (χ4n) is 3.90. The molecule has 33 heavy (non-hydrogen) atoms. The number of rotatable bonds is 7. The summed E-state index contributed by atoms with van der Waals surface area (Å²) in [5.41, 5.74) is 6.43. The minimum Gasteiger partial charge on any atom is -0.279 e. The molecule has 0 fully saturated rings. The molecule has 0 unspecified atom stereocenters. The summed E-state index contributed by atoms with van der Waals surface area (Å²) in [5, 5.41) is 8.64. The molecule has 0 spiro atoms. The van der Waals surface area contributed by atoms with E-state index in [-0.39, 0.29) is 17.0 Å². The van der Waals surface area contributed by atoms with Crippen LogP contribution in [0.3, 0.4) is 0 Å². The van der Waals surface area contributed by atoms with Gasteiger partial charge < -0.3 is 0 Å². The third-order valence-corrected chi connectivity index (χ3v) is 9.58. The SMILES string of the molecule is Br.CC(=C[P+](c1ccccc1)(c1ccccc1)c1ccccc1)N/N=C(\C)c1ccccc1. The number of benzene rings is 4. The second-order valence-corrected chi connectivity index (χ2v) is 11.0. The molecular formula is C29H29BrN2P+. The van der Waals surface area contributed by atoms with Crippen molar-refractivity contribution < 1.29 is 0 Å². The van der Waals surface area contributed by atoms with E-state index in [2.05, 4.69) is 126 Å². The molecule has 166 valence electrons. The number of nitrogens with one attached hydrogen (secondary N) is 1. The van der Waals surface area contributed by atoms with Crippen LogP contribution in [0, 0.1) is 0 Å². The lowest BCUT2D eigenvalue weighted by Crippen LogP contribution is -2.30. The Hall–Kier alpha value is -3.00. The molecule has 0 aliphatic rings. The normalized spacial score (nSPS) is 12.1. The number of hydrazone groups is 1. The van der Waals surface area contributed by atoms with Crippen LogP contribution in [0.1, 0.15) is 19.4 Å². The summed E-state index contributed by atoms with van der Waals surface area (Å²) in [4.78, 5) is 0. The van der Waals surface area contributed by atoms with Gasteiger partial charge in [0.1, 0.15) is 23.2 Å². The zero-order valence-electron chi connectivity index (χ0n) is 18.9. The molecule has 0 amide bonds. The van der Waals surface area contributed by atoms with Crippen molar-refractivity contribution in [3.05, 3.63) is 138 Å². The molecule has 0 radical (unpaired) electrons. The summed E-state index contributed by atoms with van der Waals surface area (Å²) in [6.07, 6.45) is 0. The van der Waals surface area contributed by atoms with Crippen LogP contribution in [0.25, 0.3) is 0 Å². The van der Waals surface area contributed by atoms with Gasteiger partial charge in [-0.2, -0.15) is 5.10 Å². The number of hydrogen-bond acceptors (Lipinski definition) is 2. The van der Waals surface area contributed by atoms with Gasteiger partial charge >= 0.3 is 0 Å². The highest BCUT2D eigenvalue weighted by molar-refractivity contribution is 8.93. The molecule has 0 aliphatic heterocycles. The predicted octanol–water partition coefficient (Wildman–Crippen LogP) is 6.43. The van der Waals surface area contributed by atoms with E-state index in [0.29, 0.717) is 0 Å². The van der Waals surface area contributed by atoms with E-state index in [9.17, 15) is 0 Å². The molecule has 0 saturated heterocycles. The molecule has 4 rings (SSSR count). The fraction of sp³-hybridized carbons (Fsp3) is 0.0690. The Balaban J connectivity index is 0.00000306. The Morgan fingerprint density at radius 2 is 0.970 bits per heavy atom. The molecular weight excluding hydrogens is 487 g/mol. The van der Waals surface area contributed by atoms with Gasteiger partial charge in [-0.3, -0.25) is 5.43 Å². The van der Waals surface area contributed by atoms with Gasteiger partial charge in [-0.25, -0.2) is 0 Å². The second kappa shape index (κ2) is 11.7. The van der Waals surface area contributed by atoms with E-state index < -0.39 is 7.26 Å². The predicted molar refractivity (Wildman–Crippen MR) is 151 cm³/mol. The van der Waals surface area contributed by atoms with Gasteiger partial charge in [-0.1, -0.05) is 84.9 Å². The fourth-order valence-corrected chi connectivity index (χ4v) is 7.80. The van der Waals surface area contributed by atoms with Gasteiger partial charge in [0.25, 0.3) is 0 Å². The van der Waals surface area contributed by atoms with Crippen LogP contribution < -0.4 is 21.3 Å². The lowest BCUT2D eigenvalue weighted by Gasteiger charge is -2.24. The lowest BCUT2D eigenvalue weighted by molar-refractivity contribution is 0.889. The summed E-state index contributed by atoms with van der Waals surface area (Å²) >= 11 is 0. The van der Waals surface area contributed by atoms with E-state index in [0.717, 1.165) is 17.0 Å². The third-order valence-electron chi connectivity index (χ3n) is 5.47. The van der Waals surface area contributed by atoms with Crippen molar-refractivity contribution in [2.24, 2.45) is 5.10 Å². The largest absolute Gasteiger partial charge is 0.279 e. The molecule has 4 aromatic rings. The zero-order valence-corrected chi connectivity index (χ0v) is 21.5. The van der Waals surface area contributed by atoms with E-state index in [4.69, 9.17) is 0 Å². The van der Waals surface area contributed by atoms with Gasteiger partial charge in [-0.05, 0) is 55.8 Å². The van der Waals surface area contributed by atoms with Crippen LogP contribution in [0.2, 0.25) is 0 Å². The van der Waals surface area contributed by atoms with E-state index >= 15 is 0 Å². The quantitative estimate of drug-likeness (QED) is 0.171. The topological polar surface area (TPSA) is 24.4 Å². The first-order chi connectivity index (χ1) is 15.7. The van der Waals surface area contributed by atoms with Crippen molar-refractivity contribution in [3.8, 4) is 0 Å². The molecule has 0 aliphatic carbocycles. The average molecular weight is 516 g/mol. The van der Waals surface area contributed by atoms with Crippen LogP contribution in [-0.2, 0) is 0 Å². The molecule has 2 nitrogen and oxygen atoms in total. The van der Waals surface area contributed by atoms with Gasteiger partial charge in [0.05, 0.1) is 17.2 Å². The Kier molecular flexibility index (Phi) is 8.77. The van der Waals surface area contributed by atoms with Crippen molar-refractivity contribution in [2.75, 3.05) is 0 Å². The Bertz CT molecular complexity index is 1090. The van der Waals surface area contributed by atoms with Gasteiger partial charge in [0.15, 0.2) is 0 Å². The Morgan fingerprint density at radius 1 is 0.606 bits per heavy atom. The Morgan fingerprint density at radius 3 is 1.36 bits per heavy atom. The van der Waals surface area contributed by atoms with Gasteiger partial charge in [-0.15, -0.1) is 17.0 Å². The molecule has 0 heterocycles. The first-order valence-corrected chi connectivity index (χ1v) is 12.7. The minimum absolute atomic E-state index is 0. The molecule has 0 bridgehead atoms. The minimum atomic E-state index is -2.04. The van der Waals surface area contributed by atoms with Crippen molar-refractivity contribution in [1.82, 2.24) is 5.43 Å². The first kappa shape index (κ1) is 24.6. The molecule has 0 saturated carbocycles. The van der Waals surface area contributed by atoms with Crippen LogP contribution >= 0.6 is 24.2 Å². The highest BCUT2D eigenvalue weighted by atomic mass is 79.9. The highest BCUT2D eigenvalue weighted by Gasteiger charge is 2.43. The van der Waals surface area contributed by atoms with E-state index in [1.807, 2.05) is 25.1 Å². The number of hydrogen-bond donors (Lipinski definition) is 1. The van der Waals surface area contributed by atoms with Crippen molar-refractivity contribution in [2.45, 2.75) is 13.8 Å². The van der Waals surface area contributed by atoms with Crippen molar-refractivity contribution >= 4 is 45.9 Å². The van der Waals surface area contributed by atoms with Crippen LogP contribution in [0.5, 0.6) is 0 Å². The first-order valence-electron chi connectivity index (χ1n) is 10.8. The highest BCUT2D eigenvalue weighted by Crippen LogP contribution is 2.57. The van der Waals surface area contributed by atoms with Gasteiger partial charge in [0, 0.05) is 0 Å². The van der Waals surface area contributed by atoms with E-state index in [1.165, 1.54) is 15.9 Å². The standard InChI is InChI=1S/C29H28N2P.BrH/c1-24(30-31-25(2)26-15-7-3-8-16-26)23-32(27-17-9-4-10-18-27,28-19-11-5-12-20-28)29-21-13-6-14-22-29;/h3-23,30H,1-2H3;1H/q+1;/b24-23?,31-25+;. The number of halogens is 1. The zero-order chi connectivity index (χ0) is 22.2. The van der Waals surface area contributed by atoms with Crippen molar-refractivity contribution in [3.63, 3.8) is 0 Å². The number of nitrogens with zero attached hydrogens (tertiary/aromatic N) is 1. The van der Waals surface area contributed by atoms with E-state index in [1.54, 1.807) is 0 Å². The maximum atomic E-state index is 4.68. The molecule has 4 aromatic carbocycles. The van der Waals surface area contributed by atoms with Crippen molar-refractivity contribution in [1.29, 1.82) is 0 Å². The van der Waals surface area contributed by atoms with Crippen LogP contribution in [-0.4, -0.2) is 5.71 Å². The molecule has 0 atom stereocenters. The molecule has 4 heteroatoms. The maximum absolute atomic E-state index is 4.68. The maximum Gasteiger partial charge on any atom is 0.138 e. The summed E-state index contributed by atoms with van der Waals surface area (Å²) in [5.74, 6) is 2.40. The van der Waals surface area contributed by atoms with Crippen LogP contribution in [0.15, 0.2) is 138 Å². The number of allylic oxidation sites excluding steroid dienone is 1. The lowest BCUT2D eigenvalue weighted by atomic mass is 10.1. The van der Waals surface area contributed by atoms with Gasteiger partial charge in [0.2, 0.25) is 0 Å². The monoisotopic (exact) mass is 515 g/mol. The molecule has 0 aromatic heterocycles. The second-order valence-electron chi connectivity index (χ2n) is 7.72. The summed E-state index contributed by atoms with van der Waals surface area (Å²) in [6.45, 7) is 4.13. The summed E-state index contributed by atoms with van der Waals surface area (Å²) < 4.78 is 0. The average Bonchev–Trinajstić information content (AvgIpc) is 2.88. The molecule has 1 N–H and O–H groups in total. The smallest absolute Gasteiger partial charge is 0.138 e. The summed E-state index contributed by atoms with van der Waals surface area (Å²) in [6, 6.07) is 42.7. The Labute approximate surface area is 208 Å². The summed E-state index contributed by atoms with van der Waals surface area (Å²) in [7, 11) is -2.04. The third kappa shape index (κ3) is 5.68.